The average Bonchev–Trinajstić information content (AvgIpc) is 3.52. The number of hydrogen-bond donors (Lipinski definition) is 2. The van der Waals surface area contributed by atoms with Crippen LogP contribution in [0.1, 0.15) is 30.4 Å². The van der Waals surface area contributed by atoms with Crippen LogP contribution in [0.4, 0.5) is 0 Å². The van der Waals surface area contributed by atoms with E-state index in [0.717, 1.165) is 35.9 Å². The number of fused-ring (bicyclic) bond motifs is 2. The fourth-order valence-electron chi connectivity index (χ4n) is 4.86. The van der Waals surface area contributed by atoms with Gasteiger partial charge in [0.1, 0.15) is 11.3 Å². The molecule has 5 nitrogen and oxygen atoms in total. The van der Waals surface area contributed by atoms with Gasteiger partial charge in [0.15, 0.2) is 0 Å². The molecule has 33 heavy (non-hydrogen) atoms. The summed E-state index contributed by atoms with van der Waals surface area (Å²) in [5.74, 6) is 0. The first-order chi connectivity index (χ1) is 16.2. The molecule has 5 heteroatoms. The average molecular weight is 436 g/mol. The molecule has 4 heterocycles. The lowest BCUT2D eigenvalue weighted by molar-refractivity contribution is 0.138. The quantitative estimate of drug-likeness (QED) is 0.357. The largest absolute Gasteiger partial charge is 0.346 e. The van der Waals surface area contributed by atoms with Crippen molar-refractivity contribution < 1.29 is 0 Å². The zero-order chi connectivity index (χ0) is 22.7. The number of rotatable bonds is 3. The minimum atomic E-state index is 0.0924. The summed E-state index contributed by atoms with van der Waals surface area (Å²) >= 11 is 0. The molecule has 1 aliphatic rings. The minimum Gasteiger partial charge on any atom is -0.346 e. The summed E-state index contributed by atoms with van der Waals surface area (Å²) in [6.45, 7) is 0. The smallest absolute Gasteiger partial charge is 0.137 e. The van der Waals surface area contributed by atoms with E-state index in [1.165, 1.54) is 22.1 Å². The van der Waals surface area contributed by atoms with E-state index in [4.69, 9.17) is 0 Å². The highest BCUT2D eigenvalue weighted by Gasteiger charge is 2.36. The van der Waals surface area contributed by atoms with Crippen LogP contribution < -0.4 is 0 Å². The molecular formula is C28H29N5. The second-order valence-electron chi connectivity index (χ2n) is 8.75. The Balaban J connectivity index is 0.000000211. The van der Waals surface area contributed by atoms with Crippen molar-refractivity contribution in [1.82, 2.24) is 24.8 Å². The van der Waals surface area contributed by atoms with Gasteiger partial charge < -0.3 is 9.97 Å². The molecule has 0 amide bonds. The summed E-state index contributed by atoms with van der Waals surface area (Å²) in [5, 5.41) is 2.39. The summed E-state index contributed by atoms with van der Waals surface area (Å²) in [6.07, 6.45) is 13.3. The van der Waals surface area contributed by atoms with Crippen molar-refractivity contribution in [3.63, 3.8) is 0 Å². The Bertz CT molecular complexity index is 1350. The molecule has 0 aliphatic heterocycles. The third-order valence-electron chi connectivity index (χ3n) is 6.78. The Hall–Kier alpha value is -3.70. The van der Waals surface area contributed by atoms with Crippen molar-refractivity contribution in [1.29, 1.82) is 0 Å². The Morgan fingerprint density at radius 3 is 2.36 bits per heavy atom. The number of nitrogens with zero attached hydrogens (tertiary/aromatic N) is 3. The molecule has 1 aliphatic carbocycles. The number of aromatic amines is 2. The van der Waals surface area contributed by atoms with E-state index >= 15 is 0 Å². The van der Waals surface area contributed by atoms with Gasteiger partial charge in [-0.2, -0.15) is 0 Å². The highest BCUT2D eigenvalue weighted by Crippen LogP contribution is 2.43. The van der Waals surface area contributed by atoms with E-state index in [9.17, 15) is 0 Å². The zero-order valence-corrected chi connectivity index (χ0v) is 19.1. The molecule has 1 atom stereocenters. The monoisotopic (exact) mass is 435 g/mol. The van der Waals surface area contributed by atoms with Crippen LogP contribution in [0.5, 0.6) is 0 Å². The molecule has 1 aromatic carbocycles. The van der Waals surface area contributed by atoms with E-state index in [1.54, 1.807) is 6.20 Å². The number of pyridine rings is 2. The van der Waals surface area contributed by atoms with Crippen LogP contribution in [0.15, 0.2) is 91.5 Å². The molecule has 6 rings (SSSR count). The maximum Gasteiger partial charge on any atom is 0.137 e. The SMILES string of the molecule is CN(C)C1(c2ccccc2)CC=C(c2c[nH]c3ncccc23)CC1.c1cnc2[nH]ccc2c1. The fraction of sp³-hybridized carbons (Fsp3) is 0.214. The third kappa shape index (κ3) is 4.08. The molecule has 4 aromatic heterocycles. The van der Waals surface area contributed by atoms with Gasteiger partial charge in [-0.3, -0.25) is 4.90 Å². The maximum absolute atomic E-state index is 4.41. The number of nitrogens with one attached hydrogen (secondary N) is 2. The highest BCUT2D eigenvalue weighted by molar-refractivity contribution is 5.90. The lowest BCUT2D eigenvalue weighted by Gasteiger charge is -2.43. The lowest BCUT2D eigenvalue weighted by atomic mass is 9.75. The number of H-pyrrole nitrogens is 2. The Kier molecular flexibility index (Phi) is 5.80. The molecule has 0 spiro atoms. The van der Waals surface area contributed by atoms with E-state index < -0.39 is 0 Å². The van der Waals surface area contributed by atoms with E-state index in [2.05, 4.69) is 87.6 Å². The zero-order valence-electron chi connectivity index (χ0n) is 19.1. The summed E-state index contributed by atoms with van der Waals surface area (Å²) in [6, 6.07) is 21.0. The van der Waals surface area contributed by atoms with Gasteiger partial charge in [-0.05, 0) is 74.8 Å². The summed E-state index contributed by atoms with van der Waals surface area (Å²) in [4.78, 5) is 17.2. The molecule has 2 N–H and O–H groups in total. The van der Waals surface area contributed by atoms with Gasteiger partial charge >= 0.3 is 0 Å². The third-order valence-corrected chi connectivity index (χ3v) is 6.78. The first kappa shape index (κ1) is 21.2. The van der Waals surface area contributed by atoms with Crippen LogP contribution in [0.2, 0.25) is 0 Å². The first-order valence-corrected chi connectivity index (χ1v) is 11.4. The van der Waals surface area contributed by atoms with Crippen LogP contribution >= 0.6 is 0 Å². The van der Waals surface area contributed by atoms with Crippen molar-refractivity contribution in [2.45, 2.75) is 24.8 Å². The van der Waals surface area contributed by atoms with Gasteiger partial charge in [0, 0.05) is 46.7 Å². The van der Waals surface area contributed by atoms with Crippen LogP contribution in [0.3, 0.4) is 0 Å². The molecule has 0 fully saturated rings. The number of allylic oxidation sites excluding steroid dienone is 1. The van der Waals surface area contributed by atoms with Gasteiger partial charge in [0.25, 0.3) is 0 Å². The molecular weight excluding hydrogens is 406 g/mol. The molecule has 0 bridgehead atoms. The van der Waals surface area contributed by atoms with E-state index in [-0.39, 0.29) is 5.54 Å². The topological polar surface area (TPSA) is 60.6 Å². The van der Waals surface area contributed by atoms with Gasteiger partial charge in [0.2, 0.25) is 0 Å². The van der Waals surface area contributed by atoms with Crippen molar-refractivity contribution in [3.05, 3.63) is 103 Å². The van der Waals surface area contributed by atoms with Crippen LogP contribution in [0, 0.1) is 0 Å². The van der Waals surface area contributed by atoms with Gasteiger partial charge in [-0.15, -0.1) is 0 Å². The predicted octanol–water partition coefficient (Wildman–Crippen LogP) is 6.15. The van der Waals surface area contributed by atoms with Gasteiger partial charge in [-0.1, -0.05) is 36.4 Å². The van der Waals surface area contributed by atoms with Gasteiger partial charge in [-0.25, -0.2) is 9.97 Å². The second-order valence-corrected chi connectivity index (χ2v) is 8.75. The Labute approximate surface area is 194 Å². The van der Waals surface area contributed by atoms with Crippen molar-refractivity contribution >= 4 is 27.6 Å². The molecule has 0 saturated heterocycles. The minimum absolute atomic E-state index is 0.0924. The van der Waals surface area contributed by atoms with Crippen molar-refractivity contribution in [2.24, 2.45) is 0 Å². The Morgan fingerprint density at radius 1 is 0.848 bits per heavy atom. The number of aromatic nitrogens is 4. The summed E-state index contributed by atoms with van der Waals surface area (Å²) in [7, 11) is 4.39. The number of hydrogen-bond acceptors (Lipinski definition) is 3. The normalized spacial score (nSPS) is 18.2. The van der Waals surface area contributed by atoms with Crippen molar-refractivity contribution in [2.75, 3.05) is 14.1 Å². The summed E-state index contributed by atoms with van der Waals surface area (Å²) in [5.41, 5.74) is 6.17. The fourth-order valence-corrected chi connectivity index (χ4v) is 4.86. The van der Waals surface area contributed by atoms with Crippen LogP contribution in [0.25, 0.3) is 27.6 Å². The van der Waals surface area contributed by atoms with E-state index in [0.29, 0.717) is 0 Å². The molecule has 5 aromatic rings. The van der Waals surface area contributed by atoms with E-state index in [1.807, 2.05) is 36.7 Å². The predicted molar refractivity (Wildman–Crippen MR) is 136 cm³/mol. The summed E-state index contributed by atoms with van der Waals surface area (Å²) < 4.78 is 0. The van der Waals surface area contributed by atoms with Crippen LogP contribution in [-0.4, -0.2) is 38.9 Å². The van der Waals surface area contributed by atoms with Crippen LogP contribution in [-0.2, 0) is 5.54 Å². The highest BCUT2D eigenvalue weighted by atomic mass is 15.1. The Morgan fingerprint density at radius 2 is 1.64 bits per heavy atom. The molecule has 0 radical (unpaired) electrons. The number of benzene rings is 1. The second kappa shape index (κ2) is 9.04. The molecule has 0 saturated carbocycles. The standard InChI is InChI=1S/C21H23N3.C7H6N2/c1-24(2)21(17-7-4-3-5-8-17)12-10-16(11-13-21)19-15-23-20-18(19)9-6-14-22-20;1-2-6-3-5-9-7(6)8-4-1/h3-10,14-15H,11-13H2,1-2H3,(H,22,23);1-5H,(H,8,9). The maximum atomic E-state index is 4.41. The molecule has 166 valence electrons. The first-order valence-electron chi connectivity index (χ1n) is 11.4. The molecule has 1 unspecified atom stereocenters. The van der Waals surface area contributed by atoms with Gasteiger partial charge in [0.05, 0.1) is 0 Å². The lowest BCUT2D eigenvalue weighted by Crippen LogP contribution is -2.42. The van der Waals surface area contributed by atoms with Crippen molar-refractivity contribution in [3.8, 4) is 0 Å².